The quantitative estimate of drug-likeness (QED) is 0.825. The Labute approximate surface area is 140 Å². The van der Waals surface area contributed by atoms with Gasteiger partial charge in [-0.25, -0.2) is 9.18 Å². The van der Waals surface area contributed by atoms with E-state index in [0.29, 0.717) is 26.3 Å². The number of halogens is 1. The smallest absolute Gasteiger partial charge is 0.410 e. The summed E-state index contributed by atoms with van der Waals surface area (Å²) < 4.78 is 24.8. The van der Waals surface area contributed by atoms with Crippen molar-refractivity contribution in [2.45, 2.75) is 30.6 Å². The van der Waals surface area contributed by atoms with Crippen LogP contribution in [0.5, 0.6) is 0 Å². The number of thioether (sulfide) groups is 1. The molecule has 1 aromatic rings. The summed E-state index contributed by atoms with van der Waals surface area (Å²) >= 11 is 1.71. The van der Waals surface area contributed by atoms with E-state index >= 15 is 0 Å². The topological polar surface area (TPSA) is 38.8 Å². The fourth-order valence-corrected chi connectivity index (χ4v) is 4.20. The number of amides is 1. The molecule has 0 radical (unpaired) electrons. The van der Waals surface area contributed by atoms with Crippen molar-refractivity contribution in [2.75, 3.05) is 32.1 Å². The maximum Gasteiger partial charge on any atom is 0.410 e. The summed E-state index contributed by atoms with van der Waals surface area (Å²) in [6, 6.07) is 6.90. The lowest BCUT2D eigenvalue weighted by Crippen LogP contribution is -2.37. The van der Waals surface area contributed by atoms with Gasteiger partial charge >= 0.3 is 6.09 Å². The van der Waals surface area contributed by atoms with Crippen molar-refractivity contribution < 1.29 is 18.7 Å². The van der Waals surface area contributed by atoms with Crippen LogP contribution in [-0.4, -0.2) is 49.2 Å². The Morgan fingerprint density at radius 3 is 2.78 bits per heavy atom. The average molecular weight is 339 g/mol. The second kappa shape index (κ2) is 8.02. The third-order valence-electron chi connectivity index (χ3n) is 4.29. The van der Waals surface area contributed by atoms with Gasteiger partial charge in [0.15, 0.2) is 0 Å². The van der Waals surface area contributed by atoms with Gasteiger partial charge in [-0.1, -0.05) is 18.2 Å². The zero-order valence-electron chi connectivity index (χ0n) is 13.1. The van der Waals surface area contributed by atoms with E-state index in [2.05, 4.69) is 0 Å². The first-order chi connectivity index (χ1) is 11.2. The number of ether oxygens (including phenoxy) is 2. The van der Waals surface area contributed by atoms with E-state index in [-0.39, 0.29) is 23.3 Å². The number of rotatable bonds is 2. The second-order valence-corrected chi connectivity index (χ2v) is 7.16. The molecule has 0 spiro atoms. The standard InChI is InChI=1S/C17H22FNO3S/c18-15-4-2-1-3-14(15)16-5-8-19(9-12-23-16)17(20)22-13-6-10-21-11-7-13/h1-4,13,16H,5-12H2. The molecule has 126 valence electrons. The van der Waals surface area contributed by atoms with Gasteiger partial charge in [-0.15, -0.1) is 0 Å². The molecular formula is C17H22FNO3S. The SMILES string of the molecule is O=C(OC1CCOCC1)N1CCSC(c2ccccc2F)CC1. The number of carbonyl (C=O) groups excluding carboxylic acids is 1. The molecule has 6 heteroatoms. The minimum Gasteiger partial charge on any atom is -0.446 e. The van der Waals surface area contributed by atoms with Gasteiger partial charge in [0.1, 0.15) is 11.9 Å². The van der Waals surface area contributed by atoms with Crippen LogP contribution < -0.4 is 0 Å². The largest absolute Gasteiger partial charge is 0.446 e. The molecule has 1 aromatic carbocycles. The van der Waals surface area contributed by atoms with Gasteiger partial charge in [-0.05, 0) is 12.5 Å². The number of hydrogen-bond donors (Lipinski definition) is 0. The van der Waals surface area contributed by atoms with Crippen LogP contribution in [0.2, 0.25) is 0 Å². The Hall–Kier alpha value is -1.27. The van der Waals surface area contributed by atoms with E-state index in [1.807, 2.05) is 12.1 Å². The fourth-order valence-electron chi connectivity index (χ4n) is 2.95. The van der Waals surface area contributed by atoms with E-state index in [9.17, 15) is 9.18 Å². The van der Waals surface area contributed by atoms with E-state index in [1.165, 1.54) is 6.07 Å². The van der Waals surface area contributed by atoms with Crippen molar-refractivity contribution in [1.82, 2.24) is 4.90 Å². The van der Waals surface area contributed by atoms with E-state index in [0.717, 1.165) is 30.6 Å². The lowest BCUT2D eigenvalue weighted by molar-refractivity contribution is -0.00962. The van der Waals surface area contributed by atoms with Crippen LogP contribution in [0.4, 0.5) is 9.18 Å². The number of benzene rings is 1. The van der Waals surface area contributed by atoms with Crippen molar-refractivity contribution >= 4 is 17.9 Å². The zero-order chi connectivity index (χ0) is 16.1. The van der Waals surface area contributed by atoms with Gasteiger partial charge in [0.2, 0.25) is 0 Å². The van der Waals surface area contributed by atoms with E-state index in [1.54, 1.807) is 22.7 Å². The predicted octanol–water partition coefficient (Wildman–Crippen LogP) is 3.62. The molecule has 3 rings (SSSR count). The molecule has 2 fully saturated rings. The first-order valence-corrected chi connectivity index (χ1v) is 9.18. The Balaban J connectivity index is 1.55. The van der Waals surface area contributed by atoms with Crippen molar-refractivity contribution in [2.24, 2.45) is 0 Å². The molecule has 0 bridgehead atoms. The number of hydrogen-bond acceptors (Lipinski definition) is 4. The molecule has 1 unspecified atom stereocenters. The van der Waals surface area contributed by atoms with Crippen LogP contribution in [0, 0.1) is 5.82 Å². The van der Waals surface area contributed by atoms with Crippen LogP contribution in [0.1, 0.15) is 30.1 Å². The molecule has 0 aromatic heterocycles. The minimum absolute atomic E-state index is 0.0329. The highest BCUT2D eigenvalue weighted by Crippen LogP contribution is 2.35. The summed E-state index contributed by atoms with van der Waals surface area (Å²) in [6.07, 6.45) is 2.01. The molecule has 1 amide bonds. The van der Waals surface area contributed by atoms with Crippen molar-refractivity contribution in [1.29, 1.82) is 0 Å². The van der Waals surface area contributed by atoms with Crippen LogP contribution in [-0.2, 0) is 9.47 Å². The third kappa shape index (κ3) is 4.38. The van der Waals surface area contributed by atoms with E-state index in [4.69, 9.17) is 9.47 Å². The Bertz CT molecular complexity index is 536. The number of carbonyl (C=O) groups is 1. The summed E-state index contributed by atoms with van der Waals surface area (Å²) in [7, 11) is 0. The molecule has 2 saturated heterocycles. The maximum absolute atomic E-state index is 13.9. The van der Waals surface area contributed by atoms with Gasteiger partial charge in [0, 0.05) is 42.5 Å². The van der Waals surface area contributed by atoms with Crippen molar-refractivity contribution in [3.05, 3.63) is 35.6 Å². The molecule has 1 atom stereocenters. The summed E-state index contributed by atoms with van der Waals surface area (Å²) in [5.74, 6) is 0.630. The normalized spacial score (nSPS) is 23.3. The highest BCUT2D eigenvalue weighted by Gasteiger charge is 2.26. The van der Waals surface area contributed by atoms with Crippen molar-refractivity contribution in [3.63, 3.8) is 0 Å². The molecule has 2 aliphatic rings. The van der Waals surface area contributed by atoms with Crippen LogP contribution >= 0.6 is 11.8 Å². The zero-order valence-corrected chi connectivity index (χ0v) is 13.9. The molecule has 2 heterocycles. The maximum atomic E-state index is 13.9. The summed E-state index contributed by atoms with van der Waals surface area (Å²) in [4.78, 5) is 14.1. The van der Waals surface area contributed by atoms with Gasteiger partial charge in [-0.2, -0.15) is 11.8 Å². The van der Waals surface area contributed by atoms with Crippen LogP contribution in [0.15, 0.2) is 24.3 Å². The first-order valence-electron chi connectivity index (χ1n) is 8.13. The molecule has 0 N–H and O–H groups in total. The molecule has 4 nitrogen and oxygen atoms in total. The predicted molar refractivity (Wildman–Crippen MR) is 88.1 cm³/mol. The summed E-state index contributed by atoms with van der Waals surface area (Å²) in [6.45, 7) is 2.57. The molecular weight excluding hydrogens is 317 g/mol. The fraction of sp³-hybridized carbons (Fsp3) is 0.588. The highest BCUT2D eigenvalue weighted by molar-refractivity contribution is 7.99. The summed E-state index contributed by atoms with van der Waals surface area (Å²) in [5, 5.41) is 0.0945. The third-order valence-corrected chi connectivity index (χ3v) is 5.60. The van der Waals surface area contributed by atoms with Crippen molar-refractivity contribution in [3.8, 4) is 0 Å². The minimum atomic E-state index is -0.244. The molecule has 23 heavy (non-hydrogen) atoms. The first kappa shape index (κ1) is 16.6. The lowest BCUT2D eigenvalue weighted by atomic mass is 10.1. The van der Waals surface area contributed by atoms with Gasteiger partial charge in [0.25, 0.3) is 0 Å². The van der Waals surface area contributed by atoms with Crippen LogP contribution in [0.25, 0.3) is 0 Å². The molecule has 0 aliphatic carbocycles. The second-order valence-electron chi connectivity index (χ2n) is 5.85. The summed E-state index contributed by atoms with van der Waals surface area (Å²) in [5.41, 5.74) is 0.733. The van der Waals surface area contributed by atoms with Gasteiger partial charge in [0.05, 0.1) is 13.2 Å². The van der Waals surface area contributed by atoms with Crippen LogP contribution in [0.3, 0.4) is 0 Å². The molecule has 0 saturated carbocycles. The Morgan fingerprint density at radius 2 is 2.00 bits per heavy atom. The Kier molecular flexibility index (Phi) is 5.78. The Morgan fingerprint density at radius 1 is 1.22 bits per heavy atom. The van der Waals surface area contributed by atoms with Gasteiger partial charge in [-0.3, -0.25) is 0 Å². The monoisotopic (exact) mass is 339 g/mol. The average Bonchev–Trinajstić information content (AvgIpc) is 2.82. The highest BCUT2D eigenvalue weighted by atomic mass is 32.2. The number of nitrogens with zero attached hydrogens (tertiary/aromatic N) is 1. The lowest BCUT2D eigenvalue weighted by Gasteiger charge is -2.26. The molecule has 2 aliphatic heterocycles. The van der Waals surface area contributed by atoms with E-state index < -0.39 is 0 Å². The van der Waals surface area contributed by atoms with Gasteiger partial charge < -0.3 is 14.4 Å².